The van der Waals surface area contributed by atoms with E-state index in [0.717, 1.165) is 16.5 Å². The smallest absolute Gasteiger partial charge is 0.263 e. The van der Waals surface area contributed by atoms with Crippen LogP contribution in [0.1, 0.15) is 43.4 Å². The van der Waals surface area contributed by atoms with Gasteiger partial charge in [0.05, 0.1) is 10.5 Å². The lowest BCUT2D eigenvalue weighted by Crippen LogP contribution is -2.17. The molecule has 1 saturated carbocycles. The van der Waals surface area contributed by atoms with Crippen LogP contribution < -0.4 is 5.32 Å². The summed E-state index contributed by atoms with van der Waals surface area (Å²) in [5.74, 6) is 7.51. The third kappa shape index (κ3) is 3.63. The van der Waals surface area contributed by atoms with Gasteiger partial charge in [0.1, 0.15) is 10.1 Å². The number of amides is 1. The molecule has 0 bridgehead atoms. The van der Waals surface area contributed by atoms with E-state index in [-0.39, 0.29) is 5.91 Å². The monoisotopic (exact) mass is 368 g/mol. The molecule has 1 saturated heterocycles. The summed E-state index contributed by atoms with van der Waals surface area (Å²) in [5.41, 5.74) is 1.52. The number of fused-ring (bicyclic) bond motifs is 1. The zero-order chi connectivity index (χ0) is 17.2. The van der Waals surface area contributed by atoms with E-state index in [4.69, 9.17) is 16.6 Å². The summed E-state index contributed by atoms with van der Waals surface area (Å²) in [6, 6.07) is 1.87. The molecule has 0 aromatic carbocycles. The van der Waals surface area contributed by atoms with Gasteiger partial charge in [-0.15, -0.1) is 0 Å². The predicted octanol–water partition coefficient (Wildman–Crippen LogP) is 4.25. The molecule has 126 valence electrons. The van der Waals surface area contributed by atoms with Crippen molar-refractivity contribution in [3.63, 3.8) is 0 Å². The van der Waals surface area contributed by atoms with Gasteiger partial charge in [0.15, 0.2) is 5.58 Å². The van der Waals surface area contributed by atoms with Crippen LogP contribution in [-0.2, 0) is 4.79 Å². The molecule has 4 rings (SSSR count). The number of thiocarbonyl (C=S) groups is 1. The predicted molar refractivity (Wildman–Crippen MR) is 104 cm³/mol. The lowest BCUT2D eigenvalue weighted by Gasteiger charge is -2.15. The molecule has 0 radical (unpaired) electrons. The van der Waals surface area contributed by atoms with E-state index in [0.29, 0.717) is 20.9 Å². The summed E-state index contributed by atoms with van der Waals surface area (Å²) in [4.78, 5) is 16.6. The number of nitrogens with one attached hydrogen (secondary N) is 1. The highest BCUT2D eigenvalue weighted by Gasteiger charge is 2.22. The molecular weight excluding hydrogens is 352 g/mol. The molecular formula is C19H16N2O2S2. The van der Waals surface area contributed by atoms with Gasteiger partial charge in [0, 0.05) is 29.8 Å². The normalized spacial score (nSPS) is 19.9. The maximum Gasteiger partial charge on any atom is 0.263 e. The van der Waals surface area contributed by atoms with E-state index in [1.54, 1.807) is 18.5 Å². The average Bonchev–Trinajstić information content (AvgIpc) is 3.16. The van der Waals surface area contributed by atoms with Crippen LogP contribution in [0.3, 0.4) is 0 Å². The number of pyridine rings is 1. The van der Waals surface area contributed by atoms with Crippen molar-refractivity contribution >= 4 is 51.3 Å². The molecule has 0 spiro atoms. The molecule has 2 aromatic heterocycles. The third-order valence-electron chi connectivity index (χ3n) is 4.37. The van der Waals surface area contributed by atoms with Gasteiger partial charge in [0.2, 0.25) is 0 Å². The van der Waals surface area contributed by atoms with Crippen molar-refractivity contribution in [1.82, 2.24) is 10.3 Å². The first-order chi connectivity index (χ1) is 12.2. The molecule has 2 fully saturated rings. The Morgan fingerprint density at radius 1 is 1.32 bits per heavy atom. The van der Waals surface area contributed by atoms with Crippen LogP contribution >= 0.6 is 24.0 Å². The van der Waals surface area contributed by atoms with Crippen molar-refractivity contribution in [3.05, 3.63) is 34.7 Å². The number of carbonyl (C=O) groups excluding carboxylic acids is 1. The number of hydrogen-bond acceptors (Lipinski definition) is 5. The van der Waals surface area contributed by atoms with E-state index in [9.17, 15) is 4.79 Å². The second-order valence-electron chi connectivity index (χ2n) is 6.21. The van der Waals surface area contributed by atoms with Crippen molar-refractivity contribution < 1.29 is 9.21 Å². The minimum absolute atomic E-state index is 0.189. The number of thioether (sulfide) groups is 1. The topological polar surface area (TPSA) is 55.1 Å². The van der Waals surface area contributed by atoms with Gasteiger partial charge in [0.25, 0.3) is 5.91 Å². The van der Waals surface area contributed by atoms with E-state index >= 15 is 0 Å². The number of aromatic nitrogens is 1. The molecule has 1 aliphatic carbocycles. The Balaban J connectivity index is 1.65. The fourth-order valence-electron chi connectivity index (χ4n) is 3.12. The van der Waals surface area contributed by atoms with E-state index < -0.39 is 0 Å². The Morgan fingerprint density at radius 2 is 2.16 bits per heavy atom. The van der Waals surface area contributed by atoms with Gasteiger partial charge in [-0.05, 0) is 18.9 Å². The molecule has 6 heteroatoms. The van der Waals surface area contributed by atoms with Crippen LogP contribution in [-0.4, -0.2) is 15.2 Å². The SMILES string of the molecule is O=C1NC(=S)S/C1=C\c1cc2cncc(C#CC3CCCCC3)c2o1. The van der Waals surface area contributed by atoms with Crippen LogP contribution in [0.25, 0.3) is 17.0 Å². The minimum Gasteiger partial charge on any atom is -0.455 e. The van der Waals surface area contributed by atoms with Gasteiger partial charge >= 0.3 is 0 Å². The lowest BCUT2D eigenvalue weighted by atomic mass is 9.90. The summed E-state index contributed by atoms with van der Waals surface area (Å²) < 4.78 is 6.39. The Hall–Kier alpha value is -2.10. The molecule has 25 heavy (non-hydrogen) atoms. The number of rotatable bonds is 1. The van der Waals surface area contributed by atoms with Crippen LogP contribution in [0, 0.1) is 17.8 Å². The zero-order valence-corrected chi connectivity index (χ0v) is 15.1. The van der Waals surface area contributed by atoms with Crippen molar-refractivity contribution in [2.75, 3.05) is 0 Å². The van der Waals surface area contributed by atoms with E-state index in [1.165, 1.54) is 43.9 Å². The zero-order valence-electron chi connectivity index (χ0n) is 13.5. The Bertz CT molecular complexity index is 943. The van der Waals surface area contributed by atoms with Crippen molar-refractivity contribution in [1.29, 1.82) is 0 Å². The molecule has 0 atom stereocenters. The van der Waals surface area contributed by atoms with Gasteiger partial charge in [-0.25, -0.2) is 0 Å². The van der Waals surface area contributed by atoms with Crippen LogP contribution in [0.15, 0.2) is 27.8 Å². The number of furan rings is 1. The van der Waals surface area contributed by atoms with Gasteiger partial charge < -0.3 is 9.73 Å². The average molecular weight is 368 g/mol. The quantitative estimate of drug-likeness (QED) is 0.463. The summed E-state index contributed by atoms with van der Waals surface area (Å²) in [5, 5.41) is 3.48. The second-order valence-corrected chi connectivity index (χ2v) is 7.93. The summed E-state index contributed by atoms with van der Waals surface area (Å²) in [7, 11) is 0. The maximum absolute atomic E-state index is 11.8. The van der Waals surface area contributed by atoms with Crippen LogP contribution in [0.2, 0.25) is 0 Å². The molecule has 1 amide bonds. The molecule has 0 unspecified atom stereocenters. The Labute approximate surface area is 155 Å². The summed E-state index contributed by atoms with van der Waals surface area (Å²) in [6.07, 6.45) is 11.4. The number of carbonyl (C=O) groups is 1. The first-order valence-corrected chi connectivity index (χ1v) is 9.55. The fourth-order valence-corrected chi connectivity index (χ4v) is 4.14. The van der Waals surface area contributed by atoms with E-state index in [2.05, 4.69) is 22.1 Å². The summed E-state index contributed by atoms with van der Waals surface area (Å²) in [6.45, 7) is 0. The summed E-state index contributed by atoms with van der Waals surface area (Å²) >= 11 is 6.24. The second kappa shape index (κ2) is 7.03. The Morgan fingerprint density at radius 3 is 2.92 bits per heavy atom. The third-order valence-corrected chi connectivity index (χ3v) is 5.54. The van der Waals surface area contributed by atoms with Crippen molar-refractivity contribution in [2.45, 2.75) is 32.1 Å². The fraction of sp³-hybridized carbons (Fsp3) is 0.316. The molecule has 1 N–H and O–H groups in total. The van der Waals surface area contributed by atoms with Gasteiger partial charge in [-0.1, -0.05) is 55.1 Å². The minimum atomic E-state index is -0.189. The highest BCUT2D eigenvalue weighted by atomic mass is 32.2. The molecule has 2 aromatic rings. The molecule has 4 nitrogen and oxygen atoms in total. The van der Waals surface area contributed by atoms with Gasteiger partial charge in [-0.3, -0.25) is 9.78 Å². The van der Waals surface area contributed by atoms with Crippen molar-refractivity contribution in [2.24, 2.45) is 5.92 Å². The highest BCUT2D eigenvalue weighted by Crippen LogP contribution is 2.29. The van der Waals surface area contributed by atoms with Crippen LogP contribution in [0.4, 0.5) is 0 Å². The van der Waals surface area contributed by atoms with E-state index in [1.807, 2.05) is 6.07 Å². The number of hydrogen-bond donors (Lipinski definition) is 1. The Kier molecular flexibility index (Phi) is 4.60. The molecule has 3 heterocycles. The highest BCUT2D eigenvalue weighted by molar-refractivity contribution is 8.26. The van der Waals surface area contributed by atoms with Crippen molar-refractivity contribution in [3.8, 4) is 11.8 Å². The first kappa shape index (κ1) is 16.4. The molecule has 2 aliphatic rings. The first-order valence-electron chi connectivity index (χ1n) is 8.33. The van der Waals surface area contributed by atoms with Crippen LogP contribution in [0.5, 0.6) is 0 Å². The lowest BCUT2D eigenvalue weighted by molar-refractivity contribution is -0.115. The number of nitrogens with zero attached hydrogens (tertiary/aromatic N) is 1. The largest absolute Gasteiger partial charge is 0.455 e. The maximum atomic E-state index is 11.8. The standard InChI is InChI=1S/C19H16N2O2S2/c22-18-16(25-19(24)21-18)9-15-8-14-11-20-10-13(17(14)23-15)7-6-12-4-2-1-3-5-12/h8-12H,1-5H2,(H,21,22,24)/b16-9-. The van der Waals surface area contributed by atoms with Gasteiger partial charge in [-0.2, -0.15) is 0 Å². The molecule has 1 aliphatic heterocycles.